The first-order valence-electron chi connectivity index (χ1n) is 9.42. The number of nitrogens with one attached hydrogen (secondary N) is 1. The Labute approximate surface area is 177 Å². The highest BCUT2D eigenvalue weighted by Crippen LogP contribution is 2.32. The van der Waals surface area contributed by atoms with Crippen LogP contribution in [0, 0.1) is 5.82 Å². The monoisotopic (exact) mass is 449 g/mol. The lowest BCUT2D eigenvalue weighted by molar-refractivity contribution is 0.0941. The van der Waals surface area contributed by atoms with Crippen LogP contribution in [0.1, 0.15) is 23.0 Å². The highest BCUT2D eigenvalue weighted by molar-refractivity contribution is 7.91. The van der Waals surface area contributed by atoms with Crippen LogP contribution in [0.4, 0.5) is 4.39 Å². The van der Waals surface area contributed by atoms with Gasteiger partial charge in [-0.25, -0.2) is 12.8 Å². The number of hydrogen-bond acceptors (Lipinski definition) is 6. The number of rotatable bonds is 7. The van der Waals surface area contributed by atoms with Crippen LogP contribution in [0.15, 0.2) is 47.8 Å². The Morgan fingerprint density at radius 2 is 2.10 bits per heavy atom. The number of carbonyl (C=O) groups excluding carboxylic acids is 1. The molecule has 0 spiro atoms. The second-order valence-corrected chi connectivity index (χ2v) is 10.1. The van der Waals surface area contributed by atoms with Crippen LogP contribution >= 0.6 is 11.3 Å². The lowest BCUT2D eigenvalue weighted by Crippen LogP contribution is -2.28. The Kier molecular flexibility index (Phi) is 5.87. The van der Waals surface area contributed by atoms with E-state index in [0.717, 1.165) is 10.6 Å². The zero-order valence-corrected chi connectivity index (χ0v) is 17.6. The first-order chi connectivity index (χ1) is 14.4. The van der Waals surface area contributed by atoms with Crippen molar-refractivity contribution in [3.8, 4) is 16.3 Å². The van der Waals surface area contributed by atoms with Crippen molar-refractivity contribution in [2.45, 2.75) is 12.5 Å². The van der Waals surface area contributed by atoms with Gasteiger partial charge in [-0.3, -0.25) is 9.48 Å². The zero-order chi connectivity index (χ0) is 21.1. The van der Waals surface area contributed by atoms with E-state index in [0.29, 0.717) is 12.2 Å². The van der Waals surface area contributed by atoms with Gasteiger partial charge in [0.1, 0.15) is 18.2 Å². The van der Waals surface area contributed by atoms with Crippen LogP contribution in [-0.4, -0.2) is 48.8 Å². The van der Waals surface area contributed by atoms with E-state index < -0.39 is 9.84 Å². The molecule has 10 heteroatoms. The van der Waals surface area contributed by atoms with E-state index in [2.05, 4.69) is 10.4 Å². The van der Waals surface area contributed by atoms with E-state index in [4.69, 9.17) is 4.74 Å². The van der Waals surface area contributed by atoms with Gasteiger partial charge in [0, 0.05) is 0 Å². The molecule has 1 atom stereocenters. The molecule has 0 saturated carbocycles. The number of aromatic nitrogens is 2. The maximum Gasteiger partial charge on any atom is 0.271 e. The molecule has 158 valence electrons. The molecule has 3 heterocycles. The minimum absolute atomic E-state index is 0.0274. The normalized spacial score (nSPS) is 17.7. The number of halogens is 1. The van der Waals surface area contributed by atoms with Gasteiger partial charge in [-0.15, -0.1) is 11.3 Å². The molecule has 4 rings (SSSR count). The summed E-state index contributed by atoms with van der Waals surface area (Å²) in [6.07, 6.45) is 0.481. The maximum absolute atomic E-state index is 12.9. The fourth-order valence-corrected chi connectivity index (χ4v) is 5.74. The smallest absolute Gasteiger partial charge is 0.271 e. The molecule has 1 fully saturated rings. The molecule has 1 aromatic carbocycles. The van der Waals surface area contributed by atoms with Gasteiger partial charge in [-0.05, 0) is 48.2 Å². The molecular formula is C20H20FN3O4S2. The van der Waals surface area contributed by atoms with Crippen molar-refractivity contribution in [2.75, 3.05) is 24.7 Å². The van der Waals surface area contributed by atoms with Gasteiger partial charge in [0.25, 0.3) is 5.91 Å². The molecular weight excluding hydrogens is 429 g/mol. The van der Waals surface area contributed by atoms with Crippen LogP contribution in [0.25, 0.3) is 10.6 Å². The lowest BCUT2D eigenvalue weighted by atomic mass is 10.2. The summed E-state index contributed by atoms with van der Waals surface area (Å²) in [5, 5.41) is 9.09. The molecule has 2 aromatic heterocycles. The summed E-state index contributed by atoms with van der Waals surface area (Å²) < 4.78 is 43.9. The van der Waals surface area contributed by atoms with Gasteiger partial charge in [-0.1, -0.05) is 6.07 Å². The van der Waals surface area contributed by atoms with E-state index in [-0.39, 0.29) is 48.1 Å². The molecule has 0 aliphatic carbocycles. The van der Waals surface area contributed by atoms with E-state index >= 15 is 0 Å². The highest BCUT2D eigenvalue weighted by Gasteiger charge is 2.32. The average molecular weight is 450 g/mol. The van der Waals surface area contributed by atoms with Gasteiger partial charge >= 0.3 is 0 Å². The van der Waals surface area contributed by atoms with Gasteiger partial charge in [-0.2, -0.15) is 5.10 Å². The summed E-state index contributed by atoms with van der Waals surface area (Å²) in [5.74, 6) is -0.0427. The SMILES string of the molecule is O=C(NCCOc1ccc(F)cc1)c1cc(-c2cccs2)n([C@@H]2CCS(=O)(=O)C2)n1. The third-order valence-corrected chi connectivity index (χ3v) is 7.41. The van der Waals surface area contributed by atoms with Crippen molar-refractivity contribution in [3.63, 3.8) is 0 Å². The van der Waals surface area contributed by atoms with Gasteiger partial charge in [0.05, 0.1) is 34.7 Å². The van der Waals surface area contributed by atoms with Crippen LogP contribution in [-0.2, 0) is 9.84 Å². The van der Waals surface area contributed by atoms with Gasteiger partial charge in [0.2, 0.25) is 0 Å². The summed E-state index contributed by atoms with van der Waals surface area (Å²) in [6, 6.07) is 10.9. The number of nitrogens with zero attached hydrogens (tertiary/aromatic N) is 2. The topological polar surface area (TPSA) is 90.3 Å². The Balaban J connectivity index is 1.43. The number of thiophene rings is 1. The third kappa shape index (κ3) is 4.71. The summed E-state index contributed by atoms with van der Waals surface area (Å²) in [5.41, 5.74) is 0.962. The van der Waals surface area contributed by atoms with Gasteiger partial charge in [0.15, 0.2) is 15.5 Å². The first kappa shape index (κ1) is 20.5. The lowest BCUT2D eigenvalue weighted by Gasteiger charge is -2.12. The Morgan fingerprint density at radius 1 is 1.30 bits per heavy atom. The summed E-state index contributed by atoms with van der Waals surface area (Å²) in [4.78, 5) is 13.5. The van der Waals surface area contributed by atoms with Gasteiger partial charge < -0.3 is 10.1 Å². The second-order valence-electron chi connectivity index (χ2n) is 6.95. The summed E-state index contributed by atoms with van der Waals surface area (Å²) in [6.45, 7) is 0.464. The van der Waals surface area contributed by atoms with Crippen LogP contribution in [0.3, 0.4) is 0 Å². The van der Waals surface area contributed by atoms with E-state index in [1.807, 2.05) is 17.5 Å². The quantitative estimate of drug-likeness (QED) is 0.560. The number of amides is 1. The zero-order valence-electron chi connectivity index (χ0n) is 16.0. The van der Waals surface area contributed by atoms with Crippen molar-refractivity contribution in [1.29, 1.82) is 0 Å². The maximum atomic E-state index is 12.9. The average Bonchev–Trinajstić information content (AvgIpc) is 3.45. The van der Waals surface area contributed by atoms with Crippen molar-refractivity contribution in [2.24, 2.45) is 0 Å². The number of sulfone groups is 1. The molecule has 3 aromatic rings. The Hall–Kier alpha value is -2.72. The fourth-order valence-electron chi connectivity index (χ4n) is 3.32. The largest absolute Gasteiger partial charge is 0.492 e. The third-order valence-electron chi connectivity index (χ3n) is 4.77. The summed E-state index contributed by atoms with van der Waals surface area (Å²) >= 11 is 1.51. The molecule has 1 saturated heterocycles. The number of hydrogen-bond donors (Lipinski definition) is 1. The predicted octanol–water partition coefficient (Wildman–Crippen LogP) is 2.92. The minimum Gasteiger partial charge on any atom is -0.492 e. The van der Waals surface area contributed by atoms with E-state index in [1.54, 1.807) is 10.7 Å². The fraction of sp³-hybridized carbons (Fsp3) is 0.300. The Bertz CT molecular complexity index is 1130. The molecule has 0 radical (unpaired) electrons. The minimum atomic E-state index is -3.08. The van der Waals surface area contributed by atoms with Crippen molar-refractivity contribution >= 4 is 27.1 Å². The number of carbonyl (C=O) groups is 1. The molecule has 0 bridgehead atoms. The van der Waals surface area contributed by atoms with E-state index in [9.17, 15) is 17.6 Å². The molecule has 1 aliphatic heterocycles. The van der Waals surface area contributed by atoms with Crippen LogP contribution in [0.2, 0.25) is 0 Å². The highest BCUT2D eigenvalue weighted by atomic mass is 32.2. The molecule has 1 N–H and O–H groups in total. The molecule has 7 nitrogen and oxygen atoms in total. The second kappa shape index (κ2) is 8.57. The molecule has 30 heavy (non-hydrogen) atoms. The standard InChI is InChI=1S/C20H20FN3O4S2/c21-14-3-5-16(6-4-14)28-9-8-22-20(25)17-12-18(19-2-1-10-29-19)24(23-17)15-7-11-30(26,27)13-15/h1-6,10,12,15H,7-9,11,13H2,(H,22,25)/t15-/m1/s1. The van der Waals surface area contributed by atoms with Crippen molar-refractivity contribution in [3.05, 3.63) is 59.4 Å². The molecule has 1 amide bonds. The summed E-state index contributed by atoms with van der Waals surface area (Å²) in [7, 11) is -3.08. The molecule has 0 unspecified atom stereocenters. The van der Waals surface area contributed by atoms with Crippen molar-refractivity contribution in [1.82, 2.24) is 15.1 Å². The Morgan fingerprint density at radius 3 is 2.77 bits per heavy atom. The molecule has 1 aliphatic rings. The number of benzene rings is 1. The van der Waals surface area contributed by atoms with Crippen LogP contribution in [0.5, 0.6) is 5.75 Å². The number of ether oxygens (including phenoxy) is 1. The predicted molar refractivity (Wildman–Crippen MR) is 112 cm³/mol. The van der Waals surface area contributed by atoms with Crippen LogP contribution < -0.4 is 10.1 Å². The van der Waals surface area contributed by atoms with E-state index in [1.165, 1.54) is 35.6 Å². The van der Waals surface area contributed by atoms with Crippen molar-refractivity contribution < 1.29 is 22.3 Å². The first-order valence-corrected chi connectivity index (χ1v) is 12.1.